The minimum Gasteiger partial charge on any atom is -0.481 e. The van der Waals surface area contributed by atoms with E-state index in [0.29, 0.717) is 19.4 Å². The molecule has 0 radical (unpaired) electrons. The summed E-state index contributed by atoms with van der Waals surface area (Å²) in [6, 6.07) is -5.85. The number of aliphatic carboxylic acids is 2. The number of nitrogens with one attached hydrogen (secondary N) is 3. The van der Waals surface area contributed by atoms with E-state index >= 15 is 0 Å². The van der Waals surface area contributed by atoms with Gasteiger partial charge in [-0.15, -0.1) is 0 Å². The highest BCUT2D eigenvalue weighted by Crippen LogP contribution is 2.05. The van der Waals surface area contributed by atoms with E-state index in [1.54, 1.807) is 0 Å². The SMILES string of the molecule is CC(O)C(NC(=O)C(N)CC(=O)O)C(=O)NC(CCC(N)=O)C(=O)NC(CCCCN)C(=O)O. The van der Waals surface area contributed by atoms with Gasteiger partial charge in [0.05, 0.1) is 18.6 Å². The molecule has 15 nitrogen and oxygen atoms in total. The van der Waals surface area contributed by atoms with Crippen LogP contribution in [0, 0.1) is 0 Å². The molecule has 0 aromatic rings. The number of nitrogens with two attached hydrogens (primary N) is 3. The van der Waals surface area contributed by atoms with Crippen LogP contribution in [-0.4, -0.2) is 87.7 Å². The molecule has 0 aliphatic heterocycles. The predicted octanol–water partition coefficient (Wildman–Crippen LogP) is -3.90. The number of carboxylic acid groups (broad SMARTS) is 2. The molecule has 15 heteroatoms. The van der Waals surface area contributed by atoms with E-state index in [1.165, 1.54) is 0 Å². The van der Waals surface area contributed by atoms with E-state index in [-0.39, 0.29) is 19.3 Å². The molecule has 0 aliphatic rings. The van der Waals surface area contributed by atoms with Crippen LogP contribution in [0.3, 0.4) is 0 Å². The van der Waals surface area contributed by atoms with Gasteiger partial charge in [0.1, 0.15) is 18.1 Å². The van der Waals surface area contributed by atoms with E-state index in [4.69, 9.17) is 22.3 Å². The first-order valence-electron chi connectivity index (χ1n) is 10.6. The van der Waals surface area contributed by atoms with Crippen LogP contribution < -0.4 is 33.2 Å². The molecule has 5 atom stereocenters. The topological polar surface area (TPSA) is 277 Å². The average molecular weight is 491 g/mol. The lowest BCUT2D eigenvalue weighted by Gasteiger charge is -2.26. The lowest BCUT2D eigenvalue weighted by Crippen LogP contribution is -2.60. The average Bonchev–Trinajstić information content (AvgIpc) is 2.72. The lowest BCUT2D eigenvalue weighted by molar-refractivity contribution is -0.142. The predicted molar refractivity (Wildman–Crippen MR) is 117 cm³/mol. The smallest absolute Gasteiger partial charge is 0.326 e. The molecular weight excluding hydrogens is 456 g/mol. The number of carbonyl (C=O) groups excluding carboxylic acids is 4. The van der Waals surface area contributed by atoms with Crippen molar-refractivity contribution in [2.75, 3.05) is 6.54 Å². The number of aliphatic hydroxyl groups excluding tert-OH is 1. The van der Waals surface area contributed by atoms with Crippen molar-refractivity contribution in [1.29, 1.82) is 0 Å². The number of unbranched alkanes of at least 4 members (excludes halogenated alkanes) is 1. The molecule has 0 bridgehead atoms. The number of amides is 4. The Hall–Kier alpha value is -3.30. The molecule has 34 heavy (non-hydrogen) atoms. The minimum absolute atomic E-state index is 0.0720. The van der Waals surface area contributed by atoms with E-state index in [2.05, 4.69) is 16.0 Å². The molecule has 12 N–H and O–H groups in total. The van der Waals surface area contributed by atoms with Crippen molar-refractivity contribution < 1.29 is 44.1 Å². The second-order valence-corrected chi connectivity index (χ2v) is 7.68. The molecule has 0 saturated carbocycles. The summed E-state index contributed by atoms with van der Waals surface area (Å²) in [6.07, 6.45) is -1.82. The summed E-state index contributed by atoms with van der Waals surface area (Å²) in [7, 11) is 0. The Balaban J connectivity index is 5.47. The van der Waals surface area contributed by atoms with Crippen LogP contribution in [0.1, 0.15) is 45.4 Å². The van der Waals surface area contributed by atoms with Crippen LogP contribution in [0.2, 0.25) is 0 Å². The Kier molecular flexibility index (Phi) is 14.0. The second kappa shape index (κ2) is 15.5. The van der Waals surface area contributed by atoms with Crippen molar-refractivity contribution in [1.82, 2.24) is 16.0 Å². The molecule has 5 unspecified atom stereocenters. The fourth-order valence-corrected chi connectivity index (χ4v) is 2.79. The Morgan fingerprint density at radius 2 is 1.44 bits per heavy atom. The standard InChI is InChI=1S/C19H34N6O9/c1-9(26)15(25-16(30)10(21)8-14(28)29)18(32)23-11(5-6-13(22)27)17(31)24-12(19(33)34)4-2-3-7-20/h9-12,15,26H,2-8,20-21H2,1H3,(H2,22,27)(H,23,32)(H,24,31)(H,25,30)(H,28,29)(H,33,34). The van der Waals surface area contributed by atoms with Crippen molar-refractivity contribution in [3.63, 3.8) is 0 Å². The van der Waals surface area contributed by atoms with Gasteiger partial charge in [0.25, 0.3) is 0 Å². The molecular formula is C19H34N6O9. The number of primary amides is 1. The van der Waals surface area contributed by atoms with Crippen molar-refractivity contribution in [2.45, 2.75) is 75.7 Å². The van der Waals surface area contributed by atoms with E-state index in [0.717, 1.165) is 6.92 Å². The second-order valence-electron chi connectivity index (χ2n) is 7.68. The number of carbonyl (C=O) groups is 6. The highest BCUT2D eigenvalue weighted by atomic mass is 16.4. The maximum Gasteiger partial charge on any atom is 0.326 e. The van der Waals surface area contributed by atoms with Gasteiger partial charge in [-0.25, -0.2) is 4.79 Å². The zero-order chi connectivity index (χ0) is 26.4. The van der Waals surface area contributed by atoms with Crippen molar-refractivity contribution in [2.24, 2.45) is 17.2 Å². The van der Waals surface area contributed by atoms with Gasteiger partial charge >= 0.3 is 11.9 Å². The van der Waals surface area contributed by atoms with Crippen molar-refractivity contribution >= 4 is 35.6 Å². The Morgan fingerprint density at radius 1 is 0.853 bits per heavy atom. The van der Waals surface area contributed by atoms with Crippen LogP contribution in [0.5, 0.6) is 0 Å². The molecule has 0 saturated heterocycles. The van der Waals surface area contributed by atoms with Crippen LogP contribution in [0.25, 0.3) is 0 Å². The quantitative estimate of drug-likeness (QED) is 0.0888. The van der Waals surface area contributed by atoms with Gasteiger partial charge < -0.3 is 48.5 Å². The van der Waals surface area contributed by atoms with Gasteiger partial charge in [-0.2, -0.15) is 0 Å². The first-order chi connectivity index (χ1) is 15.8. The molecule has 0 spiro atoms. The van der Waals surface area contributed by atoms with Crippen LogP contribution >= 0.6 is 0 Å². The summed E-state index contributed by atoms with van der Waals surface area (Å²) >= 11 is 0. The van der Waals surface area contributed by atoms with Gasteiger partial charge in [-0.1, -0.05) is 0 Å². The monoisotopic (exact) mass is 490 g/mol. The third-order valence-corrected chi connectivity index (χ3v) is 4.67. The Morgan fingerprint density at radius 3 is 1.91 bits per heavy atom. The number of rotatable bonds is 17. The highest BCUT2D eigenvalue weighted by molar-refractivity contribution is 5.95. The van der Waals surface area contributed by atoms with Gasteiger partial charge in [-0.05, 0) is 39.2 Å². The fourth-order valence-electron chi connectivity index (χ4n) is 2.79. The first kappa shape index (κ1) is 30.7. The van der Waals surface area contributed by atoms with Crippen LogP contribution in [0.15, 0.2) is 0 Å². The zero-order valence-electron chi connectivity index (χ0n) is 18.9. The highest BCUT2D eigenvalue weighted by Gasteiger charge is 2.32. The van der Waals surface area contributed by atoms with E-state index in [1.807, 2.05) is 0 Å². The largest absolute Gasteiger partial charge is 0.481 e. The molecule has 0 aromatic heterocycles. The Bertz CT molecular complexity index is 746. The molecule has 0 fully saturated rings. The number of hydrogen-bond acceptors (Lipinski definition) is 9. The maximum absolute atomic E-state index is 12.7. The normalized spacial score (nSPS) is 15.2. The molecule has 0 aliphatic carbocycles. The van der Waals surface area contributed by atoms with Gasteiger partial charge in [0.15, 0.2) is 0 Å². The number of hydrogen-bond donors (Lipinski definition) is 9. The van der Waals surface area contributed by atoms with Crippen molar-refractivity contribution in [3.05, 3.63) is 0 Å². The zero-order valence-corrected chi connectivity index (χ0v) is 18.9. The van der Waals surface area contributed by atoms with Crippen molar-refractivity contribution in [3.8, 4) is 0 Å². The molecule has 0 heterocycles. The fraction of sp³-hybridized carbons (Fsp3) is 0.684. The summed E-state index contributed by atoms with van der Waals surface area (Å²) in [4.78, 5) is 70.8. The third kappa shape index (κ3) is 12.1. The summed E-state index contributed by atoms with van der Waals surface area (Å²) in [5.74, 6) is -6.47. The lowest BCUT2D eigenvalue weighted by atomic mass is 10.1. The van der Waals surface area contributed by atoms with Gasteiger partial charge in [0, 0.05) is 6.42 Å². The number of aliphatic hydroxyl groups is 1. The molecule has 4 amide bonds. The molecule has 194 valence electrons. The molecule has 0 aromatic carbocycles. The summed E-state index contributed by atoms with van der Waals surface area (Å²) in [6.45, 7) is 1.49. The van der Waals surface area contributed by atoms with Gasteiger partial charge in [0.2, 0.25) is 23.6 Å². The van der Waals surface area contributed by atoms with Crippen LogP contribution in [0.4, 0.5) is 0 Å². The van der Waals surface area contributed by atoms with Crippen LogP contribution in [-0.2, 0) is 28.8 Å². The summed E-state index contributed by atoms with van der Waals surface area (Å²) in [5.41, 5.74) is 15.9. The third-order valence-electron chi connectivity index (χ3n) is 4.67. The Labute approximate surface area is 195 Å². The first-order valence-corrected chi connectivity index (χ1v) is 10.6. The maximum atomic E-state index is 12.7. The summed E-state index contributed by atoms with van der Waals surface area (Å²) in [5, 5.41) is 34.6. The van der Waals surface area contributed by atoms with E-state index in [9.17, 15) is 39.0 Å². The number of carboxylic acids is 2. The molecule has 0 rings (SSSR count). The van der Waals surface area contributed by atoms with Gasteiger partial charge in [-0.3, -0.25) is 24.0 Å². The summed E-state index contributed by atoms with van der Waals surface area (Å²) < 4.78 is 0. The minimum atomic E-state index is -1.63. The van der Waals surface area contributed by atoms with E-state index < -0.39 is 72.3 Å².